The Bertz CT molecular complexity index is 232. The third-order valence-electron chi connectivity index (χ3n) is 3.58. The molecule has 1 rings (SSSR count). The number of nitrogens with one attached hydrogen (secondary N) is 1. The van der Waals surface area contributed by atoms with E-state index in [-0.39, 0.29) is 6.04 Å². The molecule has 2 nitrogen and oxygen atoms in total. The van der Waals surface area contributed by atoms with E-state index in [9.17, 15) is 0 Å². The van der Waals surface area contributed by atoms with E-state index in [1.165, 1.54) is 45.3 Å². The lowest BCUT2D eigenvalue weighted by molar-refractivity contribution is 0.282. The summed E-state index contributed by atoms with van der Waals surface area (Å²) in [5.74, 6) is 2.88. The second kappa shape index (κ2) is 8.55. The van der Waals surface area contributed by atoms with E-state index in [0.29, 0.717) is 6.04 Å². The van der Waals surface area contributed by atoms with Gasteiger partial charge in [0.2, 0.25) is 0 Å². The third-order valence-corrected chi connectivity index (χ3v) is 3.58. The average molecular weight is 236 g/mol. The Hall–Kier alpha value is -0.520. The van der Waals surface area contributed by atoms with Crippen LogP contribution in [0.1, 0.15) is 52.4 Å². The van der Waals surface area contributed by atoms with Gasteiger partial charge < -0.3 is 10.2 Å². The predicted molar refractivity (Wildman–Crippen MR) is 75.0 cm³/mol. The molecule has 0 amide bonds. The molecule has 1 aliphatic heterocycles. The van der Waals surface area contributed by atoms with Gasteiger partial charge in [0.1, 0.15) is 0 Å². The SMILES string of the molecule is C#CC(CCC)NC1CCCN(CCC)CC1. The average Bonchev–Trinajstić information content (AvgIpc) is 2.55. The largest absolute Gasteiger partial charge is 0.303 e. The smallest absolute Gasteiger partial charge is 0.0688 e. The molecule has 2 heteroatoms. The van der Waals surface area contributed by atoms with E-state index >= 15 is 0 Å². The van der Waals surface area contributed by atoms with Crippen molar-refractivity contribution in [2.45, 2.75) is 64.5 Å². The van der Waals surface area contributed by atoms with Crippen molar-refractivity contribution in [3.63, 3.8) is 0 Å². The second-order valence-electron chi connectivity index (χ2n) is 5.14. The topological polar surface area (TPSA) is 15.3 Å². The number of nitrogens with zero attached hydrogens (tertiary/aromatic N) is 1. The summed E-state index contributed by atoms with van der Waals surface area (Å²) >= 11 is 0. The van der Waals surface area contributed by atoms with E-state index < -0.39 is 0 Å². The quantitative estimate of drug-likeness (QED) is 0.713. The van der Waals surface area contributed by atoms with E-state index in [1.54, 1.807) is 0 Å². The molecule has 1 saturated heterocycles. The molecule has 1 N–H and O–H groups in total. The highest BCUT2D eigenvalue weighted by atomic mass is 15.1. The third kappa shape index (κ3) is 5.57. The Balaban J connectivity index is 2.33. The summed E-state index contributed by atoms with van der Waals surface area (Å²) < 4.78 is 0. The molecule has 0 aliphatic carbocycles. The van der Waals surface area contributed by atoms with Crippen molar-refractivity contribution in [2.75, 3.05) is 19.6 Å². The monoisotopic (exact) mass is 236 g/mol. The first kappa shape index (κ1) is 14.5. The minimum Gasteiger partial charge on any atom is -0.303 e. The number of hydrogen-bond donors (Lipinski definition) is 1. The van der Waals surface area contributed by atoms with Crippen LogP contribution in [0.15, 0.2) is 0 Å². The lowest BCUT2D eigenvalue weighted by atomic mass is 10.1. The standard InChI is InChI=1S/C15H28N2/c1-4-8-14(6-3)16-15-9-7-12-17(11-5-2)13-10-15/h3,14-16H,4-5,7-13H2,1-2H3. The summed E-state index contributed by atoms with van der Waals surface area (Å²) in [4.78, 5) is 2.59. The van der Waals surface area contributed by atoms with Crippen LogP contribution in [0.25, 0.3) is 0 Å². The molecular weight excluding hydrogens is 208 g/mol. The molecule has 0 spiro atoms. The van der Waals surface area contributed by atoms with Crippen LogP contribution >= 0.6 is 0 Å². The van der Waals surface area contributed by atoms with Crippen LogP contribution in [0.5, 0.6) is 0 Å². The molecule has 0 aromatic heterocycles. The highest BCUT2D eigenvalue weighted by Gasteiger charge is 2.18. The van der Waals surface area contributed by atoms with Crippen molar-refractivity contribution in [3.05, 3.63) is 0 Å². The van der Waals surface area contributed by atoms with Gasteiger partial charge in [-0.2, -0.15) is 0 Å². The van der Waals surface area contributed by atoms with E-state index in [4.69, 9.17) is 6.42 Å². The Morgan fingerprint density at radius 1 is 1.29 bits per heavy atom. The zero-order valence-electron chi connectivity index (χ0n) is 11.5. The Morgan fingerprint density at radius 2 is 2.12 bits per heavy atom. The second-order valence-corrected chi connectivity index (χ2v) is 5.14. The fraction of sp³-hybridized carbons (Fsp3) is 0.867. The molecule has 1 fully saturated rings. The summed E-state index contributed by atoms with van der Waals surface area (Å²) in [7, 11) is 0. The highest BCUT2D eigenvalue weighted by Crippen LogP contribution is 2.12. The zero-order valence-corrected chi connectivity index (χ0v) is 11.5. The van der Waals surface area contributed by atoms with Gasteiger partial charge in [0.05, 0.1) is 6.04 Å². The number of hydrogen-bond acceptors (Lipinski definition) is 2. The normalized spacial score (nSPS) is 23.9. The fourth-order valence-corrected chi connectivity index (χ4v) is 2.65. The van der Waals surface area contributed by atoms with Crippen molar-refractivity contribution < 1.29 is 0 Å². The summed E-state index contributed by atoms with van der Waals surface area (Å²) in [6.07, 6.45) is 12.9. The van der Waals surface area contributed by atoms with Crippen LogP contribution < -0.4 is 5.32 Å². The van der Waals surface area contributed by atoms with Crippen molar-refractivity contribution in [1.29, 1.82) is 0 Å². The predicted octanol–water partition coefficient (Wildman–Crippen LogP) is 2.64. The van der Waals surface area contributed by atoms with E-state index in [0.717, 1.165) is 12.8 Å². The van der Waals surface area contributed by atoms with Crippen LogP contribution in [-0.2, 0) is 0 Å². The summed E-state index contributed by atoms with van der Waals surface area (Å²) in [6.45, 7) is 8.20. The van der Waals surface area contributed by atoms with Gasteiger partial charge in [0.25, 0.3) is 0 Å². The maximum absolute atomic E-state index is 5.57. The van der Waals surface area contributed by atoms with E-state index in [1.807, 2.05) is 0 Å². The molecule has 2 atom stereocenters. The summed E-state index contributed by atoms with van der Waals surface area (Å²) in [5, 5.41) is 3.65. The first-order valence-electron chi connectivity index (χ1n) is 7.24. The Kier molecular flexibility index (Phi) is 7.32. The van der Waals surface area contributed by atoms with Crippen LogP contribution in [-0.4, -0.2) is 36.6 Å². The minimum atomic E-state index is 0.280. The maximum atomic E-state index is 5.57. The first-order chi connectivity index (χ1) is 8.30. The van der Waals surface area contributed by atoms with Gasteiger partial charge in [-0.25, -0.2) is 0 Å². The lowest BCUT2D eigenvalue weighted by Crippen LogP contribution is -2.38. The minimum absolute atomic E-state index is 0.280. The lowest BCUT2D eigenvalue weighted by Gasteiger charge is -2.22. The highest BCUT2D eigenvalue weighted by molar-refractivity contribution is 4.99. The molecule has 0 bridgehead atoms. The summed E-state index contributed by atoms with van der Waals surface area (Å²) in [6, 6.07) is 0.909. The number of likely N-dealkylation sites (tertiary alicyclic amines) is 1. The molecule has 0 aromatic rings. The summed E-state index contributed by atoms with van der Waals surface area (Å²) in [5.41, 5.74) is 0. The maximum Gasteiger partial charge on any atom is 0.0688 e. The van der Waals surface area contributed by atoms with Gasteiger partial charge in [-0.05, 0) is 51.7 Å². The molecular formula is C15H28N2. The van der Waals surface area contributed by atoms with Gasteiger partial charge in [0, 0.05) is 6.04 Å². The molecule has 98 valence electrons. The Morgan fingerprint density at radius 3 is 2.76 bits per heavy atom. The molecule has 0 aromatic carbocycles. The molecule has 2 unspecified atom stereocenters. The molecule has 1 heterocycles. The molecule has 1 aliphatic rings. The van der Waals surface area contributed by atoms with Gasteiger partial charge in [-0.1, -0.05) is 26.2 Å². The molecule has 17 heavy (non-hydrogen) atoms. The van der Waals surface area contributed by atoms with Crippen molar-refractivity contribution in [1.82, 2.24) is 10.2 Å². The van der Waals surface area contributed by atoms with Crippen LogP contribution in [0, 0.1) is 12.3 Å². The fourth-order valence-electron chi connectivity index (χ4n) is 2.65. The first-order valence-corrected chi connectivity index (χ1v) is 7.24. The number of terminal acetylenes is 1. The van der Waals surface area contributed by atoms with Gasteiger partial charge in [-0.3, -0.25) is 0 Å². The number of rotatable bonds is 6. The van der Waals surface area contributed by atoms with Crippen LogP contribution in [0.4, 0.5) is 0 Å². The van der Waals surface area contributed by atoms with Gasteiger partial charge in [-0.15, -0.1) is 6.42 Å². The van der Waals surface area contributed by atoms with Crippen LogP contribution in [0.3, 0.4) is 0 Å². The van der Waals surface area contributed by atoms with Crippen LogP contribution in [0.2, 0.25) is 0 Å². The van der Waals surface area contributed by atoms with Crippen molar-refractivity contribution >= 4 is 0 Å². The van der Waals surface area contributed by atoms with Gasteiger partial charge >= 0.3 is 0 Å². The molecule has 0 radical (unpaired) electrons. The van der Waals surface area contributed by atoms with Crippen molar-refractivity contribution in [3.8, 4) is 12.3 Å². The van der Waals surface area contributed by atoms with Gasteiger partial charge in [0.15, 0.2) is 0 Å². The molecule has 0 saturated carbocycles. The van der Waals surface area contributed by atoms with Crippen molar-refractivity contribution in [2.24, 2.45) is 0 Å². The Labute approximate surface area is 107 Å². The van der Waals surface area contributed by atoms with E-state index in [2.05, 4.69) is 30.0 Å². The zero-order chi connectivity index (χ0) is 12.5.